The van der Waals surface area contributed by atoms with E-state index >= 15 is 0 Å². The highest BCUT2D eigenvalue weighted by molar-refractivity contribution is 5.94. The first-order chi connectivity index (χ1) is 13.4. The molecular formula is C19H16F3N3O3. The molecule has 0 saturated carbocycles. The average molecular weight is 391 g/mol. The monoisotopic (exact) mass is 391 g/mol. The van der Waals surface area contributed by atoms with Gasteiger partial charge in [0.2, 0.25) is 0 Å². The second-order valence-corrected chi connectivity index (χ2v) is 5.72. The van der Waals surface area contributed by atoms with Crippen molar-refractivity contribution >= 4 is 5.91 Å². The van der Waals surface area contributed by atoms with Crippen molar-refractivity contribution in [2.24, 2.45) is 0 Å². The smallest absolute Gasteiger partial charge is 0.492 e. The predicted octanol–water partition coefficient (Wildman–Crippen LogP) is 3.91. The van der Waals surface area contributed by atoms with Crippen LogP contribution in [0.15, 0.2) is 54.9 Å². The van der Waals surface area contributed by atoms with Crippen LogP contribution in [0.2, 0.25) is 0 Å². The normalized spacial score (nSPS) is 11.1. The quantitative estimate of drug-likeness (QED) is 0.668. The molecule has 0 atom stereocenters. The maximum atomic E-state index is 13.0. The van der Waals surface area contributed by atoms with E-state index in [9.17, 15) is 18.0 Å². The molecule has 2 N–H and O–H groups in total. The van der Waals surface area contributed by atoms with Gasteiger partial charge in [0.1, 0.15) is 0 Å². The Kier molecular flexibility index (Phi) is 5.53. The van der Waals surface area contributed by atoms with E-state index in [2.05, 4.69) is 20.3 Å². The molecule has 1 amide bonds. The van der Waals surface area contributed by atoms with E-state index in [1.807, 2.05) is 0 Å². The van der Waals surface area contributed by atoms with Crippen molar-refractivity contribution in [3.05, 3.63) is 66.0 Å². The molecule has 0 bridgehead atoms. The fourth-order valence-electron chi connectivity index (χ4n) is 2.67. The largest absolute Gasteiger partial charge is 0.573 e. The first-order valence-corrected chi connectivity index (χ1v) is 8.17. The van der Waals surface area contributed by atoms with E-state index in [0.29, 0.717) is 16.7 Å². The molecule has 0 aliphatic carbocycles. The minimum Gasteiger partial charge on any atom is -0.492 e. The number of H-pyrrole nitrogens is 1. The van der Waals surface area contributed by atoms with E-state index in [0.717, 1.165) is 0 Å². The first-order valence-electron chi connectivity index (χ1n) is 8.17. The number of ether oxygens (including phenoxy) is 2. The number of rotatable bonds is 6. The predicted molar refractivity (Wildman–Crippen MR) is 94.9 cm³/mol. The topological polar surface area (TPSA) is 76.2 Å². The van der Waals surface area contributed by atoms with Gasteiger partial charge in [-0.05, 0) is 18.2 Å². The minimum atomic E-state index is -4.93. The summed E-state index contributed by atoms with van der Waals surface area (Å²) in [4.78, 5) is 12.2. The second-order valence-electron chi connectivity index (χ2n) is 5.72. The summed E-state index contributed by atoms with van der Waals surface area (Å²) in [5.74, 6) is -1.04. The molecule has 6 nitrogen and oxygen atoms in total. The molecule has 0 aliphatic rings. The van der Waals surface area contributed by atoms with Crippen LogP contribution in [-0.2, 0) is 6.54 Å². The van der Waals surface area contributed by atoms with E-state index in [-0.39, 0.29) is 17.9 Å². The van der Waals surface area contributed by atoms with Crippen molar-refractivity contribution in [2.75, 3.05) is 7.11 Å². The maximum absolute atomic E-state index is 13.0. The Bertz CT molecular complexity index is 942. The molecule has 0 spiro atoms. The molecule has 9 heteroatoms. The summed E-state index contributed by atoms with van der Waals surface area (Å²) in [5.41, 5.74) is 1.41. The molecule has 3 aromatic rings. The zero-order chi connectivity index (χ0) is 20.1. The second kappa shape index (κ2) is 8.03. The number of methoxy groups -OCH3 is 1. The Hall–Kier alpha value is -3.49. The van der Waals surface area contributed by atoms with Gasteiger partial charge >= 0.3 is 6.36 Å². The van der Waals surface area contributed by atoms with Crippen LogP contribution in [-0.4, -0.2) is 29.6 Å². The Labute approximate surface area is 158 Å². The van der Waals surface area contributed by atoms with Crippen molar-refractivity contribution in [1.29, 1.82) is 0 Å². The zero-order valence-electron chi connectivity index (χ0n) is 14.7. The number of aromatic nitrogens is 2. The number of carbonyl (C=O) groups excluding carboxylic acids is 1. The minimum absolute atomic E-state index is 0.106. The third kappa shape index (κ3) is 4.43. The van der Waals surface area contributed by atoms with Gasteiger partial charge < -0.3 is 14.8 Å². The van der Waals surface area contributed by atoms with Crippen LogP contribution in [0.3, 0.4) is 0 Å². The van der Waals surface area contributed by atoms with Crippen LogP contribution in [0.4, 0.5) is 13.2 Å². The summed E-state index contributed by atoms with van der Waals surface area (Å²) in [6.45, 7) is -0.179. The maximum Gasteiger partial charge on any atom is 0.573 e. The molecule has 28 heavy (non-hydrogen) atoms. The van der Waals surface area contributed by atoms with Crippen molar-refractivity contribution in [2.45, 2.75) is 12.9 Å². The lowest BCUT2D eigenvalue weighted by atomic mass is 10.0. The summed E-state index contributed by atoms with van der Waals surface area (Å²) in [5, 5.41) is 8.97. The fraction of sp³-hybridized carbons (Fsp3) is 0.158. The van der Waals surface area contributed by atoms with Crippen molar-refractivity contribution < 1.29 is 27.4 Å². The molecule has 0 aliphatic heterocycles. The van der Waals surface area contributed by atoms with Gasteiger partial charge in [-0.15, -0.1) is 13.2 Å². The number of hydrogen-bond donors (Lipinski definition) is 2. The number of hydrogen-bond acceptors (Lipinski definition) is 4. The molecular weight excluding hydrogens is 375 g/mol. The lowest BCUT2D eigenvalue weighted by Crippen LogP contribution is -2.24. The third-order valence-corrected chi connectivity index (χ3v) is 3.90. The highest BCUT2D eigenvalue weighted by Crippen LogP contribution is 2.42. The van der Waals surface area contributed by atoms with E-state index in [1.165, 1.54) is 25.6 Å². The SMILES string of the molecule is COc1c(-c2cn[nH]c2)ccc(CNC(=O)c2ccccc2)c1OC(F)(F)F. The van der Waals surface area contributed by atoms with Gasteiger partial charge in [-0.3, -0.25) is 9.89 Å². The van der Waals surface area contributed by atoms with Gasteiger partial charge in [-0.25, -0.2) is 0 Å². The Morgan fingerprint density at radius 1 is 1.14 bits per heavy atom. The highest BCUT2D eigenvalue weighted by Gasteiger charge is 2.34. The van der Waals surface area contributed by atoms with Gasteiger partial charge in [-0.2, -0.15) is 5.10 Å². The molecule has 3 rings (SSSR count). The third-order valence-electron chi connectivity index (χ3n) is 3.90. The first kappa shape index (κ1) is 19.3. The van der Waals surface area contributed by atoms with Gasteiger partial charge in [0.05, 0.1) is 13.3 Å². The zero-order valence-corrected chi connectivity index (χ0v) is 14.7. The van der Waals surface area contributed by atoms with Gasteiger partial charge in [-0.1, -0.05) is 24.3 Å². The van der Waals surface area contributed by atoms with Gasteiger partial charge in [0, 0.05) is 35.0 Å². The Morgan fingerprint density at radius 3 is 2.50 bits per heavy atom. The van der Waals surface area contributed by atoms with Crippen LogP contribution in [0.25, 0.3) is 11.1 Å². The number of aromatic amines is 1. The Balaban J connectivity index is 1.94. The summed E-state index contributed by atoms with van der Waals surface area (Å²) < 4.78 is 48.4. The summed E-state index contributed by atoms with van der Waals surface area (Å²) in [6, 6.07) is 11.4. The van der Waals surface area contributed by atoms with Crippen LogP contribution in [0, 0.1) is 0 Å². The molecule has 1 heterocycles. The number of alkyl halides is 3. The summed E-state index contributed by atoms with van der Waals surface area (Å²) in [6.07, 6.45) is -1.96. The molecule has 0 saturated heterocycles. The summed E-state index contributed by atoms with van der Waals surface area (Å²) in [7, 11) is 1.24. The molecule has 0 fully saturated rings. The number of amides is 1. The van der Waals surface area contributed by atoms with Crippen molar-refractivity contribution in [1.82, 2.24) is 15.5 Å². The standard InChI is InChI=1S/C19H16F3N3O3/c1-27-17-15(14-10-24-25-11-14)8-7-13(16(17)28-19(20,21)22)9-23-18(26)12-5-3-2-4-6-12/h2-8,10-11H,9H2,1H3,(H,23,26)(H,24,25). The van der Waals surface area contributed by atoms with Gasteiger partial charge in [0.15, 0.2) is 11.5 Å². The highest BCUT2D eigenvalue weighted by atomic mass is 19.4. The molecule has 0 radical (unpaired) electrons. The average Bonchev–Trinajstić information content (AvgIpc) is 3.20. The van der Waals surface area contributed by atoms with E-state index in [4.69, 9.17) is 4.74 Å². The van der Waals surface area contributed by atoms with Crippen molar-refractivity contribution in [3.8, 4) is 22.6 Å². The van der Waals surface area contributed by atoms with Crippen LogP contribution in [0.5, 0.6) is 11.5 Å². The molecule has 146 valence electrons. The van der Waals surface area contributed by atoms with Crippen LogP contribution >= 0.6 is 0 Å². The fourth-order valence-corrected chi connectivity index (χ4v) is 2.67. The van der Waals surface area contributed by atoms with Crippen LogP contribution in [0.1, 0.15) is 15.9 Å². The molecule has 0 unspecified atom stereocenters. The van der Waals surface area contributed by atoms with E-state index < -0.39 is 18.0 Å². The number of halogens is 3. The number of benzene rings is 2. The van der Waals surface area contributed by atoms with Crippen LogP contribution < -0.4 is 14.8 Å². The molecule has 2 aromatic carbocycles. The van der Waals surface area contributed by atoms with Crippen molar-refractivity contribution in [3.63, 3.8) is 0 Å². The summed E-state index contributed by atoms with van der Waals surface area (Å²) >= 11 is 0. The number of carbonyl (C=O) groups is 1. The number of nitrogens with zero attached hydrogens (tertiary/aromatic N) is 1. The number of nitrogens with one attached hydrogen (secondary N) is 2. The Morgan fingerprint density at radius 2 is 1.89 bits per heavy atom. The molecule has 1 aromatic heterocycles. The van der Waals surface area contributed by atoms with Gasteiger partial charge in [0.25, 0.3) is 5.91 Å². The lowest BCUT2D eigenvalue weighted by Gasteiger charge is -2.19. The lowest BCUT2D eigenvalue weighted by molar-refractivity contribution is -0.275. The van der Waals surface area contributed by atoms with E-state index in [1.54, 1.807) is 36.4 Å².